The van der Waals surface area contributed by atoms with Crippen molar-refractivity contribution < 1.29 is 69.0 Å². The number of ether oxygens (including phenoxy) is 6. The van der Waals surface area contributed by atoms with E-state index in [2.05, 4.69) is 0 Å². The van der Waals surface area contributed by atoms with E-state index in [1.54, 1.807) is 0 Å². The van der Waals surface area contributed by atoms with Crippen LogP contribution in [0.1, 0.15) is 57.1 Å². The molecule has 1 aromatic carbocycles. The molecule has 14 nitrogen and oxygen atoms in total. The van der Waals surface area contributed by atoms with Crippen LogP contribution in [0.15, 0.2) is 18.2 Å². The van der Waals surface area contributed by atoms with Gasteiger partial charge in [-0.1, -0.05) is 45.9 Å². The molecular weight excluding hydrogens is 560 g/mol. The Morgan fingerprint density at radius 3 is 1.93 bits per heavy atom. The lowest BCUT2D eigenvalue weighted by Crippen LogP contribution is -2.64. The smallest absolute Gasteiger partial charge is 0.434 e. The highest BCUT2D eigenvalue weighted by molar-refractivity contribution is 5.66. The van der Waals surface area contributed by atoms with Gasteiger partial charge in [0.2, 0.25) is 0 Å². The van der Waals surface area contributed by atoms with Crippen LogP contribution in [0.5, 0.6) is 5.75 Å². The molecule has 0 aromatic heterocycles. The molecule has 0 unspecified atom stereocenters. The standard InChI is InChI=1S/C28H44O14/c1-13(2)15-7-5-8-16(14(3)4)24(15)42-28(36)38-10-6-9-37-26-23(35)21(33)25(18(12-30)40-26)41-27-22(34)20(32)19(31)17(11-29)39-27/h5,7-8,13-14,17-23,25-27,29-35H,6,9-12H2,1-4H3/t17-,18-,19-,20+,21-,22-,23-,25-,26-,27-/m1/s1. The molecule has 7 N–H and O–H groups in total. The SMILES string of the molecule is CC(C)c1cccc(C(C)C)c1OC(=O)OCCCO[C@@H]1O[C@H](CO)[C@@H](O[C@H]2O[C@H](CO)[C@@H](O)[C@H](O)[C@H]2O)[C@H](O)[C@H]1O. The van der Waals surface area contributed by atoms with E-state index in [4.69, 9.17) is 28.4 Å². The number of carbonyl (C=O) groups excluding carboxylic acids is 1. The van der Waals surface area contributed by atoms with Crippen LogP contribution >= 0.6 is 0 Å². The summed E-state index contributed by atoms with van der Waals surface area (Å²) < 4.78 is 32.6. The van der Waals surface area contributed by atoms with E-state index < -0.39 is 80.8 Å². The summed E-state index contributed by atoms with van der Waals surface area (Å²) in [7, 11) is 0. The zero-order chi connectivity index (χ0) is 31.1. The van der Waals surface area contributed by atoms with E-state index in [1.807, 2.05) is 45.9 Å². The molecule has 0 bridgehead atoms. The number of para-hydroxylation sites is 1. The first-order valence-corrected chi connectivity index (χ1v) is 14.1. The average molecular weight is 605 g/mol. The van der Waals surface area contributed by atoms with Crippen LogP contribution in [-0.2, 0) is 23.7 Å². The Bertz CT molecular complexity index is 959. The third-order valence-electron chi connectivity index (χ3n) is 7.26. The molecular formula is C28H44O14. The van der Waals surface area contributed by atoms with E-state index in [0.29, 0.717) is 5.75 Å². The molecule has 240 valence electrons. The van der Waals surface area contributed by atoms with Gasteiger partial charge in [-0.2, -0.15) is 0 Å². The van der Waals surface area contributed by atoms with Gasteiger partial charge >= 0.3 is 6.16 Å². The third-order valence-corrected chi connectivity index (χ3v) is 7.26. The number of hydrogen-bond donors (Lipinski definition) is 7. The van der Waals surface area contributed by atoms with Gasteiger partial charge in [-0.15, -0.1) is 0 Å². The fraction of sp³-hybridized carbons (Fsp3) is 0.750. The Hall–Kier alpha value is -1.95. The second-order valence-corrected chi connectivity index (χ2v) is 11.0. The molecule has 2 fully saturated rings. The average Bonchev–Trinajstić information content (AvgIpc) is 2.96. The van der Waals surface area contributed by atoms with Crippen molar-refractivity contribution in [2.45, 2.75) is 107 Å². The van der Waals surface area contributed by atoms with Gasteiger partial charge < -0.3 is 64.2 Å². The Morgan fingerprint density at radius 1 is 0.786 bits per heavy atom. The van der Waals surface area contributed by atoms with Gasteiger partial charge in [0.15, 0.2) is 12.6 Å². The molecule has 0 radical (unpaired) electrons. The minimum Gasteiger partial charge on any atom is -0.434 e. The monoisotopic (exact) mass is 604 g/mol. The van der Waals surface area contributed by atoms with Crippen molar-refractivity contribution in [2.75, 3.05) is 26.4 Å². The summed E-state index contributed by atoms with van der Waals surface area (Å²) in [6, 6.07) is 5.72. The molecule has 0 spiro atoms. The molecule has 10 atom stereocenters. The van der Waals surface area contributed by atoms with Gasteiger partial charge in [-0.3, -0.25) is 0 Å². The zero-order valence-electron chi connectivity index (χ0n) is 24.2. The first kappa shape index (κ1) is 34.5. The molecule has 42 heavy (non-hydrogen) atoms. The summed E-state index contributed by atoms with van der Waals surface area (Å²) in [5.74, 6) is 0.733. The first-order chi connectivity index (χ1) is 19.9. The molecule has 0 aliphatic carbocycles. The second kappa shape index (κ2) is 15.7. The van der Waals surface area contributed by atoms with Crippen LogP contribution in [-0.4, -0.2) is 130 Å². The molecule has 14 heteroatoms. The fourth-order valence-corrected chi connectivity index (χ4v) is 4.82. The summed E-state index contributed by atoms with van der Waals surface area (Å²) in [4.78, 5) is 12.4. The largest absolute Gasteiger partial charge is 0.513 e. The third kappa shape index (κ3) is 8.15. The van der Waals surface area contributed by atoms with Crippen molar-refractivity contribution in [3.63, 3.8) is 0 Å². The highest BCUT2D eigenvalue weighted by Crippen LogP contribution is 2.35. The van der Waals surface area contributed by atoms with E-state index in [1.165, 1.54) is 0 Å². The van der Waals surface area contributed by atoms with E-state index in [-0.39, 0.29) is 31.5 Å². The van der Waals surface area contributed by atoms with Gasteiger partial charge in [0.1, 0.15) is 54.6 Å². The summed E-state index contributed by atoms with van der Waals surface area (Å²) in [5.41, 5.74) is 1.77. The minimum atomic E-state index is -1.76. The van der Waals surface area contributed by atoms with Crippen molar-refractivity contribution in [2.24, 2.45) is 0 Å². The first-order valence-electron chi connectivity index (χ1n) is 14.1. The highest BCUT2D eigenvalue weighted by atomic mass is 16.7. The normalized spacial score (nSPS) is 33.6. The van der Waals surface area contributed by atoms with Crippen molar-refractivity contribution >= 4 is 6.16 Å². The van der Waals surface area contributed by atoms with Crippen molar-refractivity contribution in [1.82, 2.24) is 0 Å². The van der Waals surface area contributed by atoms with Gasteiger partial charge in [0.05, 0.1) is 26.4 Å². The number of benzene rings is 1. The van der Waals surface area contributed by atoms with Gasteiger partial charge in [-0.05, 0) is 23.0 Å². The van der Waals surface area contributed by atoms with Crippen LogP contribution in [0.3, 0.4) is 0 Å². The number of aliphatic hydroxyl groups is 7. The molecule has 2 saturated heterocycles. The zero-order valence-corrected chi connectivity index (χ0v) is 24.2. The Balaban J connectivity index is 1.49. The Morgan fingerprint density at radius 2 is 1.36 bits per heavy atom. The molecule has 0 saturated carbocycles. The van der Waals surface area contributed by atoms with E-state index >= 15 is 0 Å². The number of aliphatic hydroxyl groups excluding tert-OH is 7. The van der Waals surface area contributed by atoms with Crippen molar-refractivity contribution in [3.05, 3.63) is 29.3 Å². The number of carbonyl (C=O) groups is 1. The topological polar surface area (TPSA) is 214 Å². The summed E-state index contributed by atoms with van der Waals surface area (Å²) in [6.45, 7) is 6.49. The maximum Gasteiger partial charge on any atom is 0.513 e. The predicted molar refractivity (Wildman–Crippen MR) is 144 cm³/mol. The second-order valence-electron chi connectivity index (χ2n) is 11.0. The van der Waals surface area contributed by atoms with Crippen LogP contribution in [0.25, 0.3) is 0 Å². The van der Waals surface area contributed by atoms with Gasteiger partial charge in [0.25, 0.3) is 0 Å². The summed E-state index contributed by atoms with van der Waals surface area (Å²) in [5, 5.41) is 70.5. The lowest BCUT2D eigenvalue weighted by molar-refractivity contribution is -0.359. The van der Waals surface area contributed by atoms with Crippen molar-refractivity contribution in [1.29, 1.82) is 0 Å². The maximum atomic E-state index is 12.4. The molecule has 3 rings (SSSR count). The molecule has 2 aliphatic heterocycles. The summed E-state index contributed by atoms with van der Waals surface area (Å²) >= 11 is 0. The van der Waals surface area contributed by atoms with Gasteiger partial charge in [-0.25, -0.2) is 4.79 Å². The highest BCUT2D eigenvalue weighted by Gasteiger charge is 2.50. The van der Waals surface area contributed by atoms with Crippen LogP contribution in [0.4, 0.5) is 4.79 Å². The Labute approximate surface area is 244 Å². The van der Waals surface area contributed by atoms with Crippen LogP contribution in [0.2, 0.25) is 0 Å². The molecule has 2 heterocycles. The molecule has 1 aromatic rings. The van der Waals surface area contributed by atoms with Crippen LogP contribution < -0.4 is 4.74 Å². The van der Waals surface area contributed by atoms with E-state index in [9.17, 15) is 40.5 Å². The minimum absolute atomic E-state index is 0.0576. The van der Waals surface area contributed by atoms with Crippen LogP contribution in [0, 0.1) is 0 Å². The lowest BCUT2D eigenvalue weighted by Gasteiger charge is -2.45. The van der Waals surface area contributed by atoms with Crippen molar-refractivity contribution in [3.8, 4) is 5.75 Å². The number of rotatable bonds is 12. The fourth-order valence-electron chi connectivity index (χ4n) is 4.82. The molecule has 0 amide bonds. The summed E-state index contributed by atoms with van der Waals surface area (Å²) in [6.07, 6.45) is -16.1. The quantitative estimate of drug-likeness (QED) is 0.0909. The predicted octanol–water partition coefficient (Wildman–Crippen LogP) is -0.520. The van der Waals surface area contributed by atoms with Gasteiger partial charge in [0, 0.05) is 6.42 Å². The molecule has 2 aliphatic rings. The maximum absolute atomic E-state index is 12.4. The number of hydrogen-bond acceptors (Lipinski definition) is 14. The lowest BCUT2D eigenvalue weighted by atomic mass is 9.94. The Kier molecular flexibility index (Phi) is 12.9. The van der Waals surface area contributed by atoms with E-state index in [0.717, 1.165) is 11.1 Å².